The highest BCUT2D eigenvalue weighted by molar-refractivity contribution is 9.10. The Morgan fingerprint density at radius 2 is 1.76 bits per heavy atom. The molecule has 0 aliphatic rings. The maximum atomic E-state index is 13.4. The highest BCUT2D eigenvalue weighted by atomic mass is 79.9. The van der Waals surface area contributed by atoms with Crippen molar-refractivity contribution in [2.45, 2.75) is 53.1 Å². The lowest BCUT2D eigenvalue weighted by Gasteiger charge is -2.21. The Kier molecular flexibility index (Phi) is 8.27. The Bertz CT molecular complexity index is 1210. The van der Waals surface area contributed by atoms with Crippen LogP contribution in [0.2, 0.25) is 10.0 Å². The molecule has 34 heavy (non-hydrogen) atoms. The number of esters is 1. The third-order valence-corrected chi connectivity index (χ3v) is 6.22. The largest absolute Gasteiger partial charge is 0.460 e. The van der Waals surface area contributed by atoms with Crippen LogP contribution in [0.4, 0.5) is 0 Å². The van der Waals surface area contributed by atoms with Crippen LogP contribution in [0.5, 0.6) is 0 Å². The van der Waals surface area contributed by atoms with Crippen LogP contribution >= 0.6 is 39.1 Å². The molecule has 0 amide bonds. The highest BCUT2D eigenvalue weighted by Crippen LogP contribution is 2.34. The number of rotatable bonds is 7. The molecule has 3 rings (SSSR count). The summed E-state index contributed by atoms with van der Waals surface area (Å²) < 4.78 is 8.07. The van der Waals surface area contributed by atoms with Crippen LogP contribution in [-0.2, 0) is 16.0 Å². The Balaban J connectivity index is 2.10. The zero-order valence-corrected chi connectivity index (χ0v) is 22.9. The van der Waals surface area contributed by atoms with Crippen molar-refractivity contribution in [3.05, 3.63) is 68.2 Å². The van der Waals surface area contributed by atoms with Gasteiger partial charge >= 0.3 is 5.97 Å². The summed E-state index contributed by atoms with van der Waals surface area (Å²) in [5.41, 5.74) is 2.75. The monoisotopic (exact) mass is 564 g/mol. The number of hydrogen-bond donors (Lipinski definition) is 0. The molecule has 1 atom stereocenters. The van der Waals surface area contributed by atoms with Crippen LogP contribution in [0.25, 0.3) is 16.9 Å². The van der Waals surface area contributed by atoms with E-state index in [-0.39, 0.29) is 12.2 Å². The normalized spacial score (nSPS) is 12.5. The molecule has 0 bridgehead atoms. The first-order chi connectivity index (χ1) is 15.9. The summed E-state index contributed by atoms with van der Waals surface area (Å²) in [5, 5.41) is 5.62. The van der Waals surface area contributed by atoms with Crippen molar-refractivity contribution in [1.29, 1.82) is 0 Å². The molecule has 1 heterocycles. The van der Waals surface area contributed by atoms with Gasteiger partial charge in [0, 0.05) is 27.0 Å². The maximum Gasteiger partial charge on any atom is 0.309 e. The average molecular weight is 566 g/mol. The molecule has 5 nitrogen and oxygen atoms in total. The van der Waals surface area contributed by atoms with Crippen molar-refractivity contribution in [2.75, 3.05) is 0 Å². The van der Waals surface area contributed by atoms with E-state index in [1.807, 2.05) is 31.2 Å². The minimum absolute atomic E-state index is 0.00689. The van der Waals surface area contributed by atoms with Gasteiger partial charge in [-0.15, -0.1) is 0 Å². The van der Waals surface area contributed by atoms with E-state index in [0.29, 0.717) is 27.8 Å². The molecule has 2 aromatic carbocycles. The van der Waals surface area contributed by atoms with Crippen molar-refractivity contribution in [3.8, 4) is 16.9 Å². The topological polar surface area (TPSA) is 61.2 Å². The number of carbonyl (C=O) groups excluding carboxylic acids is 2. The Morgan fingerprint density at radius 3 is 2.32 bits per heavy atom. The van der Waals surface area contributed by atoms with E-state index in [9.17, 15) is 9.59 Å². The lowest BCUT2D eigenvalue weighted by Crippen LogP contribution is -2.28. The number of ether oxygens (including phenoxy) is 1. The molecule has 0 saturated heterocycles. The fourth-order valence-corrected chi connectivity index (χ4v) is 4.35. The van der Waals surface area contributed by atoms with E-state index in [4.69, 9.17) is 33.0 Å². The van der Waals surface area contributed by atoms with Gasteiger partial charge in [-0.25, -0.2) is 4.68 Å². The molecule has 1 unspecified atom stereocenters. The molecule has 0 aliphatic carbocycles. The van der Waals surface area contributed by atoms with E-state index in [0.717, 1.165) is 21.3 Å². The molecule has 0 radical (unpaired) electrons. The SMILES string of the molecule is CCc1c(C(=O)CC(C)C(=O)OC(C)(C)C)nn(-c2ccc(Cl)cc2Cl)c1-c1ccc(Br)cc1. The third kappa shape index (κ3) is 6.09. The fourth-order valence-electron chi connectivity index (χ4n) is 3.60. The van der Waals surface area contributed by atoms with Crippen LogP contribution in [0, 0.1) is 5.92 Å². The van der Waals surface area contributed by atoms with Gasteiger partial charge in [-0.2, -0.15) is 5.10 Å². The molecule has 8 heteroatoms. The smallest absolute Gasteiger partial charge is 0.309 e. The molecule has 0 fully saturated rings. The lowest BCUT2D eigenvalue weighted by atomic mass is 9.97. The first kappa shape index (κ1) is 26.5. The first-order valence-electron chi connectivity index (χ1n) is 11.0. The molecular formula is C26H27BrCl2N2O3. The van der Waals surface area contributed by atoms with Crippen molar-refractivity contribution in [3.63, 3.8) is 0 Å². The second-order valence-electron chi connectivity index (χ2n) is 9.11. The number of ketones is 1. The van der Waals surface area contributed by atoms with Gasteiger partial charge in [0.15, 0.2) is 5.78 Å². The van der Waals surface area contributed by atoms with Crippen LogP contribution in [0.1, 0.15) is 57.1 Å². The van der Waals surface area contributed by atoms with Gasteiger partial charge in [0.2, 0.25) is 0 Å². The van der Waals surface area contributed by atoms with Crippen LogP contribution < -0.4 is 0 Å². The minimum atomic E-state index is -0.620. The van der Waals surface area contributed by atoms with E-state index in [2.05, 4.69) is 15.9 Å². The van der Waals surface area contributed by atoms with Crippen LogP contribution in [0.15, 0.2) is 46.9 Å². The number of aromatic nitrogens is 2. The Hall–Kier alpha value is -2.15. The standard InChI is InChI=1S/C26H27BrCl2N2O3/c1-6-19-23(22(32)13-15(2)25(33)34-26(3,4)5)30-31(21-12-11-18(28)14-20(21)29)24(19)16-7-9-17(27)10-8-16/h7-12,14-15H,6,13H2,1-5H3. The molecule has 1 aromatic heterocycles. The number of nitrogens with zero attached hydrogens (tertiary/aromatic N) is 2. The summed E-state index contributed by atoms with van der Waals surface area (Å²) in [5.74, 6) is -1.23. The van der Waals surface area contributed by atoms with E-state index in [1.54, 1.807) is 50.6 Å². The second kappa shape index (κ2) is 10.6. The number of hydrogen-bond acceptors (Lipinski definition) is 4. The van der Waals surface area contributed by atoms with Gasteiger partial charge in [0.1, 0.15) is 11.3 Å². The third-order valence-electron chi connectivity index (χ3n) is 5.16. The summed E-state index contributed by atoms with van der Waals surface area (Å²) >= 11 is 16.1. The van der Waals surface area contributed by atoms with Gasteiger partial charge in [-0.3, -0.25) is 9.59 Å². The average Bonchev–Trinajstić information content (AvgIpc) is 3.12. The van der Waals surface area contributed by atoms with E-state index < -0.39 is 17.5 Å². The zero-order chi connectivity index (χ0) is 25.2. The summed E-state index contributed by atoms with van der Waals surface area (Å²) in [6, 6.07) is 12.9. The van der Waals surface area contributed by atoms with Crippen molar-refractivity contribution in [2.24, 2.45) is 5.92 Å². The predicted octanol–water partition coefficient (Wildman–Crippen LogP) is 7.72. The van der Waals surface area contributed by atoms with Crippen LogP contribution in [0.3, 0.4) is 0 Å². The van der Waals surface area contributed by atoms with Crippen LogP contribution in [-0.4, -0.2) is 27.1 Å². The highest BCUT2D eigenvalue weighted by Gasteiger charge is 2.29. The first-order valence-corrected chi connectivity index (χ1v) is 12.6. The van der Waals surface area contributed by atoms with Gasteiger partial charge in [-0.05, 0) is 57.5 Å². The van der Waals surface area contributed by atoms with Gasteiger partial charge in [0.25, 0.3) is 0 Å². The summed E-state index contributed by atoms with van der Waals surface area (Å²) in [6.45, 7) is 9.07. The number of benzene rings is 2. The van der Waals surface area contributed by atoms with Gasteiger partial charge < -0.3 is 4.74 Å². The van der Waals surface area contributed by atoms with Gasteiger partial charge in [-0.1, -0.05) is 65.1 Å². The van der Waals surface area contributed by atoms with Crippen molar-refractivity contribution >= 4 is 50.9 Å². The molecule has 0 saturated carbocycles. The summed E-state index contributed by atoms with van der Waals surface area (Å²) in [7, 11) is 0. The van der Waals surface area contributed by atoms with Gasteiger partial charge in [0.05, 0.1) is 22.3 Å². The zero-order valence-electron chi connectivity index (χ0n) is 19.8. The molecule has 180 valence electrons. The quantitative estimate of drug-likeness (QED) is 0.217. The van der Waals surface area contributed by atoms with Crippen molar-refractivity contribution in [1.82, 2.24) is 9.78 Å². The molecular weight excluding hydrogens is 539 g/mol. The number of Topliss-reactive ketones (excluding diaryl/α,β-unsaturated/α-hetero) is 1. The van der Waals surface area contributed by atoms with E-state index >= 15 is 0 Å². The minimum Gasteiger partial charge on any atom is -0.460 e. The molecule has 3 aromatic rings. The molecule has 0 aliphatic heterocycles. The second-order valence-corrected chi connectivity index (χ2v) is 10.9. The lowest BCUT2D eigenvalue weighted by molar-refractivity contribution is -0.159. The summed E-state index contributed by atoms with van der Waals surface area (Å²) in [6.07, 6.45) is 0.561. The summed E-state index contributed by atoms with van der Waals surface area (Å²) in [4.78, 5) is 25.9. The van der Waals surface area contributed by atoms with Crippen molar-refractivity contribution < 1.29 is 14.3 Å². The number of halogens is 3. The fraction of sp³-hybridized carbons (Fsp3) is 0.346. The Labute approximate surface area is 218 Å². The van der Waals surface area contributed by atoms with E-state index in [1.165, 1.54) is 0 Å². The molecule has 0 spiro atoms. The Morgan fingerprint density at radius 1 is 1.12 bits per heavy atom. The number of carbonyl (C=O) groups is 2. The predicted molar refractivity (Wildman–Crippen MR) is 140 cm³/mol. The maximum absolute atomic E-state index is 13.4. The molecule has 0 N–H and O–H groups in total.